The highest BCUT2D eigenvalue weighted by Gasteiger charge is 2.30. The number of rotatable bonds is 8. The van der Waals surface area contributed by atoms with Gasteiger partial charge in [0.2, 0.25) is 0 Å². The van der Waals surface area contributed by atoms with E-state index in [4.69, 9.17) is 4.74 Å². The van der Waals surface area contributed by atoms with Crippen LogP contribution in [0.25, 0.3) is 0 Å². The van der Waals surface area contributed by atoms with E-state index in [-0.39, 0.29) is 0 Å². The fourth-order valence-electron chi connectivity index (χ4n) is 2.15. The molecule has 0 aliphatic carbocycles. The van der Waals surface area contributed by atoms with E-state index < -0.39 is 12.7 Å². The molecule has 0 heterocycles. The van der Waals surface area contributed by atoms with Gasteiger partial charge in [-0.2, -0.15) is 13.2 Å². The van der Waals surface area contributed by atoms with Gasteiger partial charge in [0, 0.05) is 32.4 Å². The van der Waals surface area contributed by atoms with E-state index in [0.717, 1.165) is 11.1 Å². The fraction of sp³-hybridized carbons (Fsp3) is 0.600. The predicted molar refractivity (Wildman–Crippen MR) is 78.7 cm³/mol. The molecule has 0 aromatic heterocycles. The van der Waals surface area contributed by atoms with Gasteiger partial charge in [0.1, 0.15) is 6.54 Å². The molecule has 21 heavy (non-hydrogen) atoms. The predicted octanol–water partition coefficient (Wildman–Crippen LogP) is 3.12. The molecule has 3 nitrogen and oxygen atoms in total. The molecule has 0 unspecified atom stereocenters. The molecular formula is C15H23F3N2O. The number of methoxy groups -OCH3 is 1. The Morgan fingerprint density at radius 3 is 2.57 bits per heavy atom. The number of anilines is 1. The molecule has 0 bridgehead atoms. The van der Waals surface area contributed by atoms with Gasteiger partial charge in [-0.3, -0.25) is 0 Å². The fourth-order valence-corrected chi connectivity index (χ4v) is 2.15. The maximum absolute atomic E-state index is 12.7. The molecule has 6 heteroatoms. The molecule has 0 saturated heterocycles. The maximum atomic E-state index is 12.7. The molecule has 0 radical (unpaired) electrons. The molecule has 0 atom stereocenters. The number of aryl methyl sites for hydroxylation is 1. The number of hydrogen-bond donors (Lipinski definition) is 1. The van der Waals surface area contributed by atoms with E-state index in [1.807, 2.05) is 19.1 Å². The van der Waals surface area contributed by atoms with Crippen LogP contribution < -0.4 is 10.2 Å². The molecule has 120 valence electrons. The summed E-state index contributed by atoms with van der Waals surface area (Å²) in [5.41, 5.74) is 2.54. The van der Waals surface area contributed by atoms with E-state index in [2.05, 4.69) is 5.32 Å². The molecule has 0 aliphatic rings. The van der Waals surface area contributed by atoms with Gasteiger partial charge in [0.25, 0.3) is 0 Å². The number of ether oxygens (including phenoxy) is 1. The van der Waals surface area contributed by atoms with E-state index in [0.29, 0.717) is 31.9 Å². The van der Waals surface area contributed by atoms with Crippen molar-refractivity contribution >= 4 is 5.69 Å². The quantitative estimate of drug-likeness (QED) is 0.747. The van der Waals surface area contributed by atoms with Gasteiger partial charge >= 0.3 is 6.18 Å². The Hall–Kier alpha value is -1.27. The number of benzene rings is 1. The Kier molecular flexibility index (Phi) is 6.98. The van der Waals surface area contributed by atoms with Gasteiger partial charge in [0.05, 0.1) is 6.61 Å². The minimum absolute atomic E-state index is 0.313. The molecule has 1 aromatic rings. The zero-order valence-electron chi connectivity index (χ0n) is 12.8. The van der Waals surface area contributed by atoms with Crippen molar-refractivity contribution in [3.8, 4) is 0 Å². The van der Waals surface area contributed by atoms with Gasteiger partial charge < -0.3 is 15.0 Å². The summed E-state index contributed by atoms with van der Waals surface area (Å²) in [6.45, 7) is 4.80. The van der Waals surface area contributed by atoms with Crippen molar-refractivity contribution in [2.45, 2.75) is 26.6 Å². The van der Waals surface area contributed by atoms with Crippen molar-refractivity contribution in [3.05, 3.63) is 29.3 Å². The summed E-state index contributed by atoms with van der Waals surface area (Å²) < 4.78 is 43.0. The Labute approximate surface area is 124 Å². The van der Waals surface area contributed by atoms with Crippen LogP contribution in [0.15, 0.2) is 18.2 Å². The molecule has 1 N–H and O–H groups in total. The van der Waals surface area contributed by atoms with Crippen LogP contribution in [0.3, 0.4) is 0 Å². The summed E-state index contributed by atoms with van der Waals surface area (Å²) in [7, 11) is 1.61. The summed E-state index contributed by atoms with van der Waals surface area (Å²) in [6, 6.07) is 5.53. The minimum Gasteiger partial charge on any atom is -0.383 e. The van der Waals surface area contributed by atoms with Crippen LogP contribution in [0.1, 0.15) is 18.1 Å². The Morgan fingerprint density at radius 1 is 1.29 bits per heavy atom. The molecule has 1 aromatic carbocycles. The molecule has 1 rings (SSSR count). The molecule has 0 spiro atoms. The van der Waals surface area contributed by atoms with Crippen LogP contribution in [0.5, 0.6) is 0 Å². The van der Waals surface area contributed by atoms with E-state index >= 15 is 0 Å². The first-order valence-corrected chi connectivity index (χ1v) is 6.98. The summed E-state index contributed by atoms with van der Waals surface area (Å²) in [5, 5.41) is 3.18. The van der Waals surface area contributed by atoms with Crippen molar-refractivity contribution in [2.75, 3.05) is 38.3 Å². The van der Waals surface area contributed by atoms with E-state index in [1.165, 1.54) is 4.90 Å². The van der Waals surface area contributed by atoms with Gasteiger partial charge in [-0.25, -0.2) is 0 Å². The lowest BCUT2D eigenvalue weighted by Crippen LogP contribution is -2.35. The second-order valence-corrected chi connectivity index (χ2v) is 4.93. The van der Waals surface area contributed by atoms with Crippen LogP contribution >= 0.6 is 0 Å². The Morgan fingerprint density at radius 2 is 2.00 bits per heavy atom. The lowest BCUT2D eigenvalue weighted by atomic mass is 10.1. The standard InChI is InChI=1S/C15H23F3N2O/c1-4-20(11-15(16,17)18)14-6-5-12(2)9-13(14)10-19-7-8-21-3/h5-6,9,19H,4,7-8,10-11H2,1-3H3. The third kappa shape index (κ3) is 6.35. The minimum atomic E-state index is -4.21. The molecule has 0 fully saturated rings. The molecule has 0 saturated carbocycles. The highest BCUT2D eigenvalue weighted by Crippen LogP contribution is 2.26. The summed E-state index contributed by atoms with van der Waals surface area (Å²) in [4.78, 5) is 1.35. The van der Waals surface area contributed by atoms with Crippen LogP contribution in [0, 0.1) is 6.92 Å². The largest absolute Gasteiger partial charge is 0.405 e. The first-order valence-electron chi connectivity index (χ1n) is 6.98. The topological polar surface area (TPSA) is 24.5 Å². The zero-order chi connectivity index (χ0) is 15.9. The van der Waals surface area contributed by atoms with Crippen molar-refractivity contribution in [2.24, 2.45) is 0 Å². The second kappa shape index (κ2) is 8.24. The van der Waals surface area contributed by atoms with Crippen molar-refractivity contribution < 1.29 is 17.9 Å². The first kappa shape index (κ1) is 17.8. The van der Waals surface area contributed by atoms with Crippen molar-refractivity contribution in [1.29, 1.82) is 0 Å². The smallest absolute Gasteiger partial charge is 0.383 e. The molecule has 0 amide bonds. The second-order valence-electron chi connectivity index (χ2n) is 4.93. The lowest BCUT2D eigenvalue weighted by Gasteiger charge is -2.27. The van der Waals surface area contributed by atoms with Gasteiger partial charge in [0.15, 0.2) is 0 Å². The lowest BCUT2D eigenvalue weighted by molar-refractivity contribution is -0.119. The molecular weight excluding hydrogens is 281 g/mol. The van der Waals surface area contributed by atoms with Gasteiger partial charge in [-0.1, -0.05) is 17.7 Å². The molecule has 0 aliphatic heterocycles. The van der Waals surface area contributed by atoms with Crippen LogP contribution in [0.2, 0.25) is 0 Å². The first-order chi connectivity index (χ1) is 9.87. The average Bonchev–Trinajstić information content (AvgIpc) is 2.40. The van der Waals surface area contributed by atoms with Crippen LogP contribution in [-0.4, -0.2) is 39.5 Å². The number of hydrogen-bond acceptors (Lipinski definition) is 3. The highest BCUT2D eigenvalue weighted by molar-refractivity contribution is 5.55. The Balaban J connectivity index is 2.87. The SMILES string of the molecule is CCN(CC(F)(F)F)c1ccc(C)cc1CNCCOC. The highest BCUT2D eigenvalue weighted by atomic mass is 19.4. The van der Waals surface area contributed by atoms with Crippen molar-refractivity contribution in [1.82, 2.24) is 5.32 Å². The average molecular weight is 304 g/mol. The van der Waals surface area contributed by atoms with E-state index in [1.54, 1.807) is 20.1 Å². The normalized spacial score (nSPS) is 11.7. The Bertz CT molecular complexity index is 435. The number of nitrogens with zero attached hydrogens (tertiary/aromatic N) is 1. The van der Waals surface area contributed by atoms with E-state index in [9.17, 15) is 13.2 Å². The number of alkyl halides is 3. The maximum Gasteiger partial charge on any atom is 0.405 e. The van der Waals surface area contributed by atoms with Crippen molar-refractivity contribution in [3.63, 3.8) is 0 Å². The third-order valence-electron chi connectivity index (χ3n) is 3.13. The summed E-state index contributed by atoms with van der Waals surface area (Å²) >= 11 is 0. The summed E-state index contributed by atoms with van der Waals surface area (Å²) in [6.07, 6.45) is -4.21. The van der Waals surface area contributed by atoms with Crippen LogP contribution in [-0.2, 0) is 11.3 Å². The number of halogens is 3. The van der Waals surface area contributed by atoms with Gasteiger partial charge in [-0.05, 0) is 25.5 Å². The van der Waals surface area contributed by atoms with Crippen LogP contribution in [0.4, 0.5) is 18.9 Å². The zero-order valence-corrected chi connectivity index (χ0v) is 12.8. The monoisotopic (exact) mass is 304 g/mol. The number of nitrogens with one attached hydrogen (secondary N) is 1. The summed E-state index contributed by atoms with van der Waals surface area (Å²) in [5.74, 6) is 0. The van der Waals surface area contributed by atoms with Gasteiger partial charge in [-0.15, -0.1) is 0 Å². The third-order valence-corrected chi connectivity index (χ3v) is 3.13.